The summed E-state index contributed by atoms with van der Waals surface area (Å²) in [5.74, 6) is 0. The highest BCUT2D eigenvalue weighted by molar-refractivity contribution is 7.10. The fourth-order valence-electron chi connectivity index (χ4n) is 1.67. The minimum atomic E-state index is -0.0224. The summed E-state index contributed by atoms with van der Waals surface area (Å²) in [5, 5.41) is 14.2. The molecule has 1 heterocycles. The Morgan fingerprint density at radius 3 is 2.74 bits per heavy atom. The molecule has 2 N–H and O–H groups in total. The quantitative estimate of drug-likeness (QED) is 0.651. The first kappa shape index (κ1) is 13.7. The van der Waals surface area contributed by atoms with Gasteiger partial charge in [-0.3, -0.25) is 5.43 Å². The second-order valence-corrected chi connectivity index (χ2v) is 4.97. The lowest BCUT2D eigenvalue weighted by Crippen LogP contribution is -1.93. The molecule has 100 valence electrons. The highest BCUT2D eigenvalue weighted by Gasteiger charge is 2.07. The molecule has 0 fully saturated rings. The number of benzene rings is 1. The minimum absolute atomic E-state index is 0.0224. The highest BCUT2D eigenvalue weighted by Crippen LogP contribution is 2.24. The van der Waals surface area contributed by atoms with Gasteiger partial charge in [0, 0.05) is 5.56 Å². The molecule has 5 heteroatoms. The van der Waals surface area contributed by atoms with Crippen LogP contribution in [0.3, 0.4) is 0 Å². The van der Waals surface area contributed by atoms with Crippen LogP contribution in [0.15, 0.2) is 29.4 Å². The van der Waals surface area contributed by atoms with Crippen molar-refractivity contribution < 1.29 is 5.11 Å². The summed E-state index contributed by atoms with van der Waals surface area (Å²) < 4.78 is 4.18. The van der Waals surface area contributed by atoms with E-state index < -0.39 is 0 Å². The Morgan fingerprint density at radius 1 is 1.37 bits per heavy atom. The first-order valence-electron chi connectivity index (χ1n) is 6.18. The molecule has 0 aliphatic heterocycles. The van der Waals surface area contributed by atoms with Gasteiger partial charge in [0.25, 0.3) is 0 Å². The van der Waals surface area contributed by atoms with Gasteiger partial charge in [0.2, 0.25) is 0 Å². The van der Waals surface area contributed by atoms with Gasteiger partial charge < -0.3 is 5.11 Å². The zero-order valence-corrected chi connectivity index (χ0v) is 11.9. The van der Waals surface area contributed by atoms with Crippen LogP contribution in [-0.4, -0.2) is 15.7 Å². The fourth-order valence-corrected chi connectivity index (χ4v) is 2.42. The Bertz CT molecular complexity index is 561. The molecule has 0 amide bonds. The van der Waals surface area contributed by atoms with Crippen molar-refractivity contribution >= 4 is 22.7 Å². The van der Waals surface area contributed by atoms with E-state index in [0.717, 1.165) is 28.2 Å². The Labute approximate surface area is 117 Å². The summed E-state index contributed by atoms with van der Waals surface area (Å²) in [5.41, 5.74) is 6.93. The van der Waals surface area contributed by atoms with E-state index in [4.69, 9.17) is 0 Å². The van der Waals surface area contributed by atoms with Gasteiger partial charge in [-0.05, 0) is 36.0 Å². The Balaban J connectivity index is 2.02. The van der Waals surface area contributed by atoms with Crippen LogP contribution >= 0.6 is 11.5 Å². The van der Waals surface area contributed by atoms with Crippen molar-refractivity contribution in [2.45, 2.75) is 26.9 Å². The molecule has 4 nitrogen and oxygen atoms in total. The number of nitrogens with zero attached hydrogens (tertiary/aromatic N) is 2. The summed E-state index contributed by atoms with van der Waals surface area (Å²) in [7, 11) is 0. The van der Waals surface area contributed by atoms with Gasteiger partial charge >= 0.3 is 0 Å². The number of nitrogens with one attached hydrogen (secondary N) is 1. The monoisotopic (exact) mass is 275 g/mol. The van der Waals surface area contributed by atoms with E-state index in [1.165, 1.54) is 17.1 Å². The number of aromatic nitrogens is 1. The Kier molecular flexibility index (Phi) is 4.65. The van der Waals surface area contributed by atoms with Gasteiger partial charge in [0.15, 0.2) is 0 Å². The van der Waals surface area contributed by atoms with Gasteiger partial charge in [0.1, 0.15) is 5.00 Å². The molecule has 2 rings (SSSR count). The summed E-state index contributed by atoms with van der Waals surface area (Å²) >= 11 is 1.31. The molecular weight excluding hydrogens is 258 g/mol. The number of aliphatic hydroxyl groups is 1. The van der Waals surface area contributed by atoms with Gasteiger partial charge in [0.05, 0.1) is 18.5 Å². The van der Waals surface area contributed by atoms with Crippen LogP contribution in [0.5, 0.6) is 0 Å². The smallest absolute Gasteiger partial charge is 0.135 e. The van der Waals surface area contributed by atoms with E-state index in [1.54, 1.807) is 6.21 Å². The standard InChI is InChI=1S/C14H17N3OS/c1-3-11-4-6-12(7-5-11)8-15-16-14-13(9-18)10(2)17-19-14/h4-8,16,18H,3,9H2,1-2H3/b15-8+. The molecule has 0 saturated heterocycles. The third kappa shape index (κ3) is 3.39. The number of anilines is 1. The number of aryl methyl sites for hydroxylation is 2. The van der Waals surface area contributed by atoms with E-state index >= 15 is 0 Å². The minimum Gasteiger partial charge on any atom is -0.391 e. The molecule has 0 radical (unpaired) electrons. The second kappa shape index (κ2) is 6.45. The van der Waals surface area contributed by atoms with E-state index in [-0.39, 0.29) is 6.61 Å². The normalized spacial score (nSPS) is 11.1. The molecule has 0 bridgehead atoms. The number of hydrogen-bond donors (Lipinski definition) is 2. The van der Waals surface area contributed by atoms with Crippen LogP contribution in [-0.2, 0) is 13.0 Å². The van der Waals surface area contributed by atoms with E-state index in [2.05, 4.69) is 34.0 Å². The summed E-state index contributed by atoms with van der Waals surface area (Å²) in [6, 6.07) is 8.26. The molecule has 2 aromatic rings. The molecule has 0 saturated carbocycles. The Hall–Kier alpha value is -1.72. The van der Waals surface area contributed by atoms with Crippen molar-refractivity contribution in [2.75, 3.05) is 5.43 Å². The average molecular weight is 275 g/mol. The predicted octanol–water partition coefficient (Wildman–Crippen LogP) is 2.95. The van der Waals surface area contributed by atoms with Gasteiger partial charge in [-0.2, -0.15) is 9.47 Å². The fraction of sp³-hybridized carbons (Fsp3) is 0.286. The molecule has 0 spiro atoms. The summed E-state index contributed by atoms with van der Waals surface area (Å²) in [6.07, 6.45) is 2.80. The van der Waals surface area contributed by atoms with Gasteiger partial charge in [-0.15, -0.1) is 0 Å². The lowest BCUT2D eigenvalue weighted by atomic mass is 10.1. The predicted molar refractivity (Wildman–Crippen MR) is 79.8 cm³/mol. The topological polar surface area (TPSA) is 57.5 Å². The zero-order valence-electron chi connectivity index (χ0n) is 11.1. The SMILES string of the molecule is CCc1ccc(/C=N/Nc2snc(C)c2CO)cc1. The number of aliphatic hydroxyl groups excluding tert-OH is 1. The molecule has 0 unspecified atom stereocenters. The molecular formula is C14H17N3OS. The van der Waals surface area contributed by atoms with Gasteiger partial charge in [-0.25, -0.2) is 0 Å². The third-order valence-corrected chi connectivity index (χ3v) is 3.80. The molecule has 0 aliphatic carbocycles. The summed E-state index contributed by atoms with van der Waals surface area (Å²) in [6.45, 7) is 3.99. The van der Waals surface area contributed by atoms with Crippen molar-refractivity contribution in [3.63, 3.8) is 0 Å². The van der Waals surface area contributed by atoms with Crippen molar-refractivity contribution in [1.29, 1.82) is 0 Å². The number of hydrogen-bond acceptors (Lipinski definition) is 5. The largest absolute Gasteiger partial charge is 0.391 e. The van der Waals surface area contributed by atoms with Crippen LogP contribution < -0.4 is 5.43 Å². The first-order valence-corrected chi connectivity index (χ1v) is 6.96. The third-order valence-electron chi connectivity index (χ3n) is 2.91. The van der Waals surface area contributed by atoms with Crippen LogP contribution in [0.4, 0.5) is 5.00 Å². The zero-order chi connectivity index (χ0) is 13.7. The van der Waals surface area contributed by atoms with E-state index in [9.17, 15) is 5.11 Å². The molecule has 19 heavy (non-hydrogen) atoms. The summed E-state index contributed by atoms with van der Waals surface area (Å²) in [4.78, 5) is 0. The van der Waals surface area contributed by atoms with Crippen LogP contribution in [0.25, 0.3) is 0 Å². The van der Waals surface area contributed by atoms with E-state index in [1.807, 2.05) is 19.1 Å². The lowest BCUT2D eigenvalue weighted by molar-refractivity contribution is 0.282. The highest BCUT2D eigenvalue weighted by atomic mass is 32.1. The number of hydrazone groups is 1. The molecule has 1 aromatic heterocycles. The Morgan fingerprint density at radius 2 is 2.11 bits per heavy atom. The van der Waals surface area contributed by atoms with Crippen molar-refractivity contribution in [2.24, 2.45) is 5.10 Å². The maximum Gasteiger partial charge on any atom is 0.135 e. The van der Waals surface area contributed by atoms with E-state index in [0.29, 0.717) is 0 Å². The van der Waals surface area contributed by atoms with Crippen molar-refractivity contribution in [3.8, 4) is 0 Å². The van der Waals surface area contributed by atoms with Crippen LogP contribution in [0.1, 0.15) is 29.3 Å². The average Bonchev–Trinajstić information content (AvgIpc) is 2.80. The van der Waals surface area contributed by atoms with Gasteiger partial charge in [-0.1, -0.05) is 31.2 Å². The second-order valence-electron chi connectivity index (χ2n) is 4.20. The number of rotatable bonds is 5. The molecule has 1 aromatic carbocycles. The van der Waals surface area contributed by atoms with Crippen LogP contribution in [0, 0.1) is 6.92 Å². The first-order chi connectivity index (χ1) is 9.24. The van der Waals surface area contributed by atoms with Crippen molar-refractivity contribution in [1.82, 2.24) is 4.37 Å². The maximum atomic E-state index is 9.24. The lowest BCUT2D eigenvalue weighted by Gasteiger charge is -2.00. The molecule has 0 atom stereocenters. The van der Waals surface area contributed by atoms with Crippen molar-refractivity contribution in [3.05, 3.63) is 46.6 Å². The van der Waals surface area contributed by atoms with Crippen LogP contribution in [0.2, 0.25) is 0 Å². The molecule has 0 aliphatic rings. The maximum absolute atomic E-state index is 9.24.